The number of thiazole rings is 1. The van der Waals surface area contributed by atoms with Crippen molar-refractivity contribution in [2.45, 2.75) is 51.7 Å². The molecular formula is C26H29N3O3S. The van der Waals surface area contributed by atoms with Crippen LogP contribution in [0.1, 0.15) is 44.7 Å². The molecule has 1 atom stereocenters. The number of ether oxygens (including phenoxy) is 1. The van der Waals surface area contributed by atoms with E-state index in [0.717, 1.165) is 23.2 Å². The van der Waals surface area contributed by atoms with Gasteiger partial charge in [-0.3, -0.25) is 9.69 Å². The molecule has 6 nitrogen and oxygen atoms in total. The van der Waals surface area contributed by atoms with Gasteiger partial charge >= 0.3 is 6.09 Å². The summed E-state index contributed by atoms with van der Waals surface area (Å²) in [5.41, 5.74) is 4.09. The number of aromatic nitrogens is 1. The van der Waals surface area contributed by atoms with Crippen LogP contribution in [0.4, 0.5) is 9.93 Å². The largest absolute Gasteiger partial charge is 0.445 e. The molecule has 172 valence electrons. The monoisotopic (exact) mass is 463 g/mol. The SMILES string of the molecule is CC(C)(C)c1ccc(-c2csc(NC(=O)[C@@H]3CCCN3C(=O)OCc3ccccc3)n2)cc1. The van der Waals surface area contributed by atoms with Crippen molar-refractivity contribution in [2.24, 2.45) is 0 Å². The molecule has 0 unspecified atom stereocenters. The summed E-state index contributed by atoms with van der Waals surface area (Å²) in [5, 5.41) is 5.35. The van der Waals surface area contributed by atoms with E-state index in [9.17, 15) is 9.59 Å². The standard InChI is InChI=1S/C26H29N3O3S/c1-26(2,3)20-13-11-19(12-14-20)21-17-33-24(27-21)28-23(30)22-10-7-15-29(22)25(31)32-16-18-8-5-4-6-9-18/h4-6,8-9,11-14,17,22H,7,10,15-16H2,1-3H3,(H,27,28,30)/t22-/m0/s1. The molecule has 4 rings (SSSR count). The van der Waals surface area contributed by atoms with Gasteiger partial charge < -0.3 is 10.1 Å². The smallest absolute Gasteiger partial charge is 0.410 e. The fourth-order valence-electron chi connectivity index (χ4n) is 3.85. The van der Waals surface area contributed by atoms with Crippen LogP contribution in [0.25, 0.3) is 11.3 Å². The number of anilines is 1. The average molecular weight is 464 g/mol. The topological polar surface area (TPSA) is 71.5 Å². The highest BCUT2D eigenvalue weighted by Gasteiger charge is 2.35. The van der Waals surface area contributed by atoms with Gasteiger partial charge in [-0.1, -0.05) is 75.4 Å². The Hall–Kier alpha value is -3.19. The quantitative estimate of drug-likeness (QED) is 0.515. The molecule has 33 heavy (non-hydrogen) atoms. The number of amides is 2. The van der Waals surface area contributed by atoms with Gasteiger partial charge in [0, 0.05) is 17.5 Å². The average Bonchev–Trinajstić information content (AvgIpc) is 3.48. The molecule has 1 N–H and O–H groups in total. The van der Waals surface area contributed by atoms with Crippen LogP contribution >= 0.6 is 11.3 Å². The van der Waals surface area contributed by atoms with Gasteiger partial charge in [0.25, 0.3) is 0 Å². The molecule has 2 amide bonds. The first kappa shape index (κ1) is 23.0. The summed E-state index contributed by atoms with van der Waals surface area (Å²) in [5.74, 6) is -0.229. The summed E-state index contributed by atoms with van der Waals surface area (Å²) in [6, 6.07) is 17.3. The van der Waals surface area contributed by atoms with Crippen LogP contribution in [-0.2, 0) is 21.6 Å². The summed E-state index contributed by atoms with van der Waals surface area (Å²) in [6.45, 7) is 7.25. The zero-order chi connectivity index (χ0) is 23.4. The van der Waals surface area contributed by atoms with Gasteiger partial charge in [-0.15, -0.1) is 11.3 Å². The van der Waals surface area contributed by atoms with E-state index in [0.29, 0.717) is 18.1 Å². The minimum atomic E-state index is -0.549. The third-order valence-corrected chi connectivity index (χ3v) is 6.53. The van der Waals surface area contributed by atoms with Crippen LogP contribution in [0.2, 0.25) is 0 Å². The number of hydrogen-bond donors (Lipinski definition) is 1. The van der Waals surface area contributed by atoms with Crippen LogP contribution in [-0.4, -0.2) is 34.5 Å². The van der Waals surface area contributed by atoms with E-state index in [4.69, 9.17) is 4.74 Å². The summed E-state index contributed by atoms with van der Waals surface area (Å²) in [7, 11) is 0. The lowest BCUT2D eigenvalue weighted by Gasteiger charge is -2.22. The molecule has 1 aromatic heterocycles. The zero-order valence-corrected chi connectivity index (χ0v) is 20.0. The Morgan fingerprint density at radius 3 is 2.55 bits per heavy atom. The molecule has 2 heterocycles. The fraction of sp³-hybridized carbons (Fsp3) is 0.346. The number of nitrogens with one attached hydrogen (secondary N) is 1. The van der Waals surface area contributed by atoms with Gasteiger partial charge in [0.1, 0.15) is 12.6 Å². The van der Waals surface area contributed by atoms with Crippen molar-refractivity contribution in [1.29, 1.82) is 0 Å². The maximum atomic E-state index is 12.9. The Balaban J connectivity index is 1.36. The molecule has 0 spiro atoms. The van der Waals surface area contributed by atoms with Gasteiger partial charge in [0.2, 0.25) is 5.91 Å². The van der Waals surface area contributed by atoms with Crippen molar-refractivity contribution in [1.82, 2.24) is 9.88 Å². The predicted octanol–water partition coefficient (Wildman–Crippen LogP) is 5.85. The second-order valence-corrected chi connectivity index (χ2v) is 10.1. The van der Waals surface area contributed by atoms with Crippen molar-refractivity contribution in [3.8, 4) is 11.3 Å². The molecule has 1 fully saturated rings. The van der Waals surface area contributed by atoms with Crippen LogP contribution in [0, 0.1) is 0 Å². The Labute approximate surface area is 198 Å². The predicted molar refractivity (Wildman–Crippen MR) is 131 cm³/mol. The first-order chi connectivity index (χ1) is 15.8. The van der Waals surface area contributed by atoms with Gasteiger partial charge in [0.05, 0.1) is 5.69 Å². The molecule has 0 aliphatic carbocycles. The molecule has 1 aliphatic heterocycles. The van der Waals surface area contributed by atoms with Crippen molar-refractivity contribution >= 4 is 28.5 Å². The maximum Gasteiger partial charge on any atom is 0.410 e. The summed E-state index contributed by atoms with van der Waals surface area (Å²) in [4.78, 5) is 31.6. The van der Waals surface area contributed by atoms with Gasteiger partial charge in [-0.2, -0.15) is 0 Å². The lowest BCUT2D eigenvalue weighted by molar-refractivity contribution is -0.120. The van der Waals surface area contributed by atoms with Crippen LogP contribution in [0.15, 0.2) is 60.0 Å². The van der Waals surface area contributed by atoms with E-state index in [1.54, 1.807) is 0 Å². The lowest BCUT2D eigenvalue weighted by Crippen LogP contribution is -2.43. The fourth-order valence-corrected chi connectivity index (χ4v) is 4.58. The maximum absolute atomic E-state index is 12.9. The van der Waals surface area contributed by atoms with E-state index >= 15 is 0 Å². The number of benzene rings is 2. The van der Waals surface area contributed by atoms with E-state index in [-0.39, 0.29) is 17.9 Å². The molecule has 0 radical (unpaired) electrons. The Morgan fingerprint density at radius 2 is 1.85 bits per heavy atom. The molecule has 7 heteroatoms. The number of likely N-dealkylation sites (tertiary alicyclic amines) is 1. The lowest BCUT2D eigenvalue weighted by atomic mass is 9.86. The molecule has 3 aromatic rings. The van der Waals surface area contributed by atoms with E-state index in [1.165, 1.54) is 21.8 Å². The van der Waals surface area contributed by atoms with Crippen LogP contribution in [0.3, 0.4) is 0 Å². The summed E-state index contributed by atoms with van der Waals surface area (Å²) >= 11 is 1.38. The summed E-state index contributed by atoms with van der Waals surface area (Å²) < 4.78 is 5.43. The molecule has 2 aromatic carbocycles. The highest BCUT2D eigenvalue weighted by atomic mass is 32.1. The first-order valence-corrected chi connectivity index (χ1v) is 12.0. The Morgan fingerprint density at radius 1 is 1.12 bits per heavy atom. The van der Waals surface area contributed by atoms with Gasteiger partial charge in [0.15, 0.2) is 5.13 Å². The normalized spacial score (nSPS) is 16.0. The highest BCUT2D eigenvalue weighted by molar-refractivity contribution is 7.14. The van der Waals surface area contributed by atoms with Crippen molar-refractivity contribution in [2.75, 3.05) is 11.9 Å². The Bertz CT molecular complexity index is 1100. The third-order valence-electron chi connectivity index (χ3n) is 5.78. The minimum absolute atomic E-state index is 0.0924. The number of rotatable bonds is 5. The molecule has 1 aliphatic rings. The van der Waals surface area contributed by atoms with Crippen LogP contribution in [0.5, 0.6) is 0 Å². The third kappa shape index (κ3) is 5.60. The van der Waals surface area contributed by atoms with E-state index in [1.807, 2.05) is 35.7 Å². The summed E-state index contributed by atoms with van der Waals surface area (Å²) in [6.07, 6.45) is 0.913. The zero-order valence-electron chi connectivity index (χ0n) is 19.2. The van der Waals surface area contributed by atoms with Gasteiger partial charge in [-0.05, 0) is 29.4 Å². The van der Waals surface area contributed by atoms with Crippen molar-refractivity contribution in [3.05, 3.63) is 71.1 Å². The minimum Gasteiger partial charge on any atom is -0.445 e. The van der Waals surface area contributed by atoms with Crippen LogP contribution < -0.4 is 5.32 Å². The number of carbonyl (C=O) groups is 2. The van der Waals surface area contributed by atoms with Crippen molar-refractivity contribution in [3.63, 3.8) is 0 Å². The number of hydrogen-bond acceptors (Lipinski definition) is 5. The molecule has 0 saturated carbocycles. The number of nitrogens with zero attached hydrogens (tertiary/aromatic N) is 2. The van der Waals surface area contributed by atoms with E-state index < -0.39 is 12.1 Å². The highest BCUT2D eigenvalue weighted by Crippen LogP contribution is 2.29. The second kappa shape index (κ2) is 9.75. The number of carbonyl (C=O) groups excluding carboxylic acids is 2. The van der Waals surface area contributed by atoms with Gasteiger partial charge in [-0.25, -0.2) is 9.78 Å². The molecule has 0 bridgehead atoms. The molecular weight excluding hydrogens is 434 g/mol. The Kier molecular flexibility index (Phi) is 6.79. The first-order valence-electron chi connectivity index (χ1n) is 11.2. The van der Waals surface area contributed by atoms with Crippen molar-refractivity contribution < 1.29 is 14.3 Å². The van der Waals surface area contributed by atoms with E-state index in [2.05, 4.69) is 55.3 Å². The molecule has 1 saturated heterocycles. The second-order valence-electron chi connectivity index (χ2n) is 9.25.